The van der Waals surface area contributed by atoms with Crippen molar-refractivity contribution in [2.24, 2.45) is 16.6 Å². The van der Waals surface area contributed by atoms with Crippen LogP contribution in [0.25, 0.3) is 5.57 Å². The molecule has 11 heteroatoms. The van der Waals surface area contributed by atoms with Crippen molar-refractivity contribution in [2.75, 3.05) is 32.8 Å². The van der Waals surface area contributed by atoms with Gasteiger partial charge < -0.3 is 30.3 Å². The molecule has 1 aromatic heterocycles. The lowest BCUT2D eigenvalue weighted by molar-refractivity contribution is -0.139. The zero-order valence-corrected chi connectivity index (χ0v) is 30.1. The molecule has 0 amide bonds. The molecule has 51 heavy (non-hydrogen) atoms. The van der Waals surface area contributed by atoms with Crippen LogP contribution in [0.2, 0.25) is 5.02 Å². The molecule has 5 rings (SSSR count). The van der Waals surface area contributed by atoms with Gasteiger partial charge in [0, 0.05) is 66.6 Å². The summed E-state index contributed by atoms with van der Waals surface area (Å²) in [6.07, 6.45) is 13.2. The normalized spacial score (nSPS) is 20.4. The van der Waals surface area contributed by atoms with Gasteiger partial charge in [-0.25, -0.2) is 0 Å². The molecule has 10 nitrogen and oxygen atoms in total. The fraction of sp³-hybridized carbons (Fsp3) is 0.425. The van der Waals surface area contributed by atoms with Crippen LogP contribution >= 0.6 is 11.6 Å². The molecule has 0 spiro atoms. The fourth-order valence-electron chi connectivity index (χ4n) is 7.03. The Bertz CT molecular complexity index is 1760. The number of benzene rings is 2. The fourth-order valence-corrected chi connectivity index (χ4v) is 7.28. The van der Waals surface area contributed by atoms with Gasteiger partial charge in [-0.05, 0) is 49.1 Å². The third-order valence-corrected chi connectivity index (χ3v) is 10.6. The Morgan fingerprint density at radius 1 is 1.18 bits per heavy atom. The maximum absolute atomic E-state index is 11.7. The molecule has 0 radical (unpaired) electrons. The number of aliphatic carboxylic acids is 1. The van der Waals surface area contributed by atoms with Crippen LogP contribution < -0.4 is 20.5 Å². The number of rotatable bonds is 17. The summed E-state index contributed by atoms with van der Waals surface area (Å²) < 4.78 is 13.0. The summed E-state index contributed by atoms with van der Waals surface area (Å²) in [5.41, 5.74) is 9.14. The second-order valence-corrected chi connectivity index (χ2v) is 14.4. The van der Waals surface area contributed by atoms with E-state index < -0.39 is 12.0 Å². The van der Waals surface area contributed by atoms with Crippen molar-refractivity contribution in [2.45, 2.75) is 64.8 Å². The smallest absolute Gasteiger partial charge is 0.322 e. The molecule has 2 unspecified atom stereocenters. The topological polar surface area (TPSA) is 154 Å². The number of allylic oxidation sites excluding steroid dienone is 3. The number of aliphatic hydroxyl groups excluding tert-OH is 1. The Morgan fingerprint density at radius 3 is 2.69 bits per heavy atom. The Hall–Kier alpha value is -4.24. The lowest BCUT2D eigenvalue weighted by Gasteiger charge is -2.48. The third kappa shape index (κ3) is 9.36. The number of carboxylic acid groups (broad SMARTS) is 1. The van der Waals surface area contributed by atoms with Crippen molar-refractivity contribution < 1.29 is 24.5 Å². The van der Waals surface area contributed by atoms with Crippen LogP contribution in [0.1, 0.15) is 61.8 Å². The molecule has 2 aliphatic rings. The molecular formula is C40H48ClN5O5. The van der Waals surface area contributed by atoms with Gasteiger partial charge in [-0.3, -0.25) is 15.1 Å². The molecular weight excluding hydrogens is 666 g/mol. The quantitative estimate of drug-likeness (QED) is 0.123. The average Bonchev–Trinajstić information content (AvgIpc) is 3.55. The Morgan fingerprint density at radius 2 is 1.98 bits per heavy atom. The van der Waals surface area contributed by atoms with Crippen LogP contribution in [-0.2, 0) is 17.9 Å². The zero-order valence-electron chi connectivity index (χ0n) is 29.4. The first-order chi connectivity index (χ1) is 24.5. The Balaban J connectivity index is 1.41. The maximum atomic E-state index is 11.7. The predicted octanol–water partition coefficient (Wildman–Crippen LogP) is 5.97. The highest BCUT2D eigenvalue weighted by Gasteiger charge is 2.47. The van der Waals surface area contributed by atoms with E-state index in [4.69, 9.17) is 26.8 Å². The van der Waals surface area contributed by atoms with Gasteiger partial charge in [0.15, 0.2) is 0 Å². The van der Waals surface area contributed by atoms with Crippen molar-refractivity contribution in [1.82, 2.24) is 15.2 Å². The van der Waals surface area contributed by atoms with Gasteiger partial charge in [0.2, 0.25) is 0 Å². The largest absolute Gasteiger partial charge is 0.491 e. The molecule has 1 aliphatic heterocycles. The highest BCUT2D eigenvalue weighted by atomic mass is 35.5. The summed E-state index contributed by atoms with van der Waals surface area (Å²) in [6.45, 7) is 7.69. The highest BCUT2D eigenvalue weighted by Crippen LogP contribution is 2.55. The van der Waals surface area contributed by atoms with Gasteiger partial charge in [0.25, 0.3) is 0 Å². The van der Waals surface area contributed by atoms with Crippen LogP contribution in [0.5, 0.6) is 11.5 Å². The van der Waals surface area contributed by atoms with E-state index in [2.05, 4.69) is 77.6 Å². The summed E-state index contributed by atoms with van der Waals surface area (Å²) in [7, 11) is 0. The molecule has 3 atom stereocenters. The summed E-state index contributed by atoms with van der Waals surface area (Å²) in [4.78, 5) is 18.1. The summed E-state index contributed by atoms with van der Waals surface area (Å²) in [5.74, 6) is -0.158. The first kappa shape index (κ1) is 38.0. The number of β-amino-alcohol motifs (C(OH)–C–C–N with tert-alkyl or cyclic N) is 1. The number of likely N-dealkylation sites (tertiary alicyclic amines) is 1. The van der Waals surface area contributed by atoms with Crippen LogP contribution in [0.15, 0.2) is 79.2 Å². The second-order valence-electron chi connectivity index (χ2n) is 14.0. The number of nitrogens with one attached hydrogen (secondary N) is 1. The SMILES string of the molecule is CC1(C)C(c2ccccc2)=CC=CC1(CCCCN1CC[C@@H](O)C1)COc1cc(OCc2cncc(C#N)c2)c(CNC(CN)C(=O)O)cc1Cl. The summed E-state index contributed by atoms with van der Waals surface area (Å²) in [5, 5.41) is 32.2. The number of nitrogens with two attached hydrogens (primary N) is 1. The molecule has 270 valence electrons. The third-order valence-electron chi connectivity index (χ3n) is 10.3. The van der Waals surface area contributed by atoms with Crippen molar-refractivity contribution in [3.63, 3.8) is 0 Å². The first-order valence-corrected chi connectivity index (χ1v) is 17.9. The van der Waals surface area contributed by atoms with Gasteiger partial charge in [0.05, 0.1) is 23.3 Å². The van der Waals surface area contributed by atoms with E-state index in [-0.39, 0.29) is 36.6 Å². The number of ether oxygens (including phenoxy) is 2. The number of carbonyl (C=O) groups is 1. The second kappa shape index (κ2) is 17.3. The number of unbranched alkanes of at least 4 members (excludes halogenated alkanes) is 1. The van der Waals surface area contributed by atoms with Crippen LogP contribution in [0.3, 0.4) is 0 Å². The molecule has 0 bridgehead atoms. The molecule has 2 aromatic carbocycles. The number of aromatic nitrogens is 1. The number of nitrogens with zero attached hydrogens (tertiary/aromatic N) is 3. The minimum atomic E-state index is -1.05. The van der Waals surface area contributed by atoms with Gasteiger partial charge >= 0.3 is 5.97 Å². The molecule has 0 saturated carbocycles. The van der Waals surface area contributed by atoms with E-state index in [1.807, 2.05) is 6.07 Å². The van der Waals surface area contributed by atoms with Crippen molar-refractivity contribution in [1.29, 1.82) is 5.26 Å². The summed E-state index contributed by atoms with van der Waals surface area (Å²) in [6, 6.07) is 16.8. The lowest BCUT2D eigenvalue weighted by Crippen LogP contribution is -2.43. The van der Waals surface area contributed by atoms with Crippen LogP contribution in [-0.4, -0.2) is 71.0 Å². The minimum absolute atomic E-state index is 0.0855. The van der Waals surface area contributed by atoms with Crippen molar-refractivity contribution in [3.8, 4) is 17.6 Å². The number of hydrogen-bond acceptors (Lipinski definition) is 9. The first-order valence-electron chi connectivity index (χ1n) is 17.5. The predicted molar refractivity (Wildman–Crippen MR) is 198 cm³/mol. The number of hydrogen-bond donors (Lipinski definition) is 4. The minimum Gasteiger partial charge on any atom is -0.491 e. The highest BCUT2D eigenvalue weighted by molar-refractivity contribution is 6.32. The van der Waals surface area contributed by atoms with E-state index in [0.29, 0.717) is 39.8 Å². The van der Waals surface area contributed by atoms with Crippen LogP contribution in [0, 0.1) is 22.2 Å². The molecule has 1 aliphatic carbocycles. The zero-order chi connectivity index (χ0) is 36.4. The monoisotopic (exact) mass is 713 g/mol. The van der Waals surface area contributed by atoms with E-state index in [1.165, 1.54) is 17.3 Å². The Labute approximate surface area is 305 Å². The number of aliphatic hydroxyl groups is 1. The molecule has 5 N–H and O–H groups in total. The standard InChI is InChI=1S/C40H48ClN5O5/c1-39(2)33(30-9-4-3-5-10-30)11-8-14-40(39,13-6-7-15-46-16-12-32(47)25-46)27-51-37-19-36(50-26-29-17-28(20-42)22-44-23-29)31(18-34(37)41)24-45-35(21-43)38(48)49/h3-5,8-11,14,17-19,22-23,32,35,45,47H,6-7,12-13,15-16,21,24-27,43H2,1-2H3,(H,48,49)/t32-,35?,40?/m1/s1. The molecule has 2 heterocycles. The van der Waals surface area contributed by atoms with E-state index >= 15 is 0 Å². The van der Waals surface area contributed by atoms with Crippen LogP contribution in [0.4, 0.5) is 0 Å². The van der Waals surface area contributed by atoms with Gasteiger partial charge in [0.1, 0.15) is 30.2 Å². The number of pyridine rings is 1. The van der Waals surface area contributed by atoms with Gasteiger partial charge in [-0.2, -0.15) is 5.26 Å². The molecule has 3 aromatic rings. The average molecular weight is 714 g/mol. The number of nitriles is 1. The Kier molecular flexibility index (Phi) is 12.9. The lowest BCUT2D eigenvalue weighted by atomic mass is 9.57. The van der Waals surface area contributed by atoms with Gasteiger partial charge in [-0.15, -0.1) is 0 Å². The van der Waals surface area contributed by atoms with E-state index in [9.17, 15) is 20.3 Å². The van der Waals surface area contributed by atoms with Crippen molar-refractivity contribution in [3.05, 3.63) is 106 Å². The number of halogens is 1. The molecule has 1 fully saturated rings. The maximum Gasteiger partial charge on any atom is 0.322 e. The number of carboxylic acids is 1. The van der Waals surface area contributed by atoms with Crippen molar-refractivity contribution >= 4 is 23.1 Å². The summed E-state index contributed by atoms with van der Waals surface area (Å²) >= 11 is 6.89. The van der Waals surface area contributed by atoms with Gasteiger partial charge in [-0.1, -0.05) is 80.4 Å². The van der Waals surface area contributed by atoms with E-state index in [1.54, 1.807) is 24.4 Å². The molecule has 1 saturated heterocycles. The van der Waals surface area contributed by atoms with E-state index in [0.717, 1.165) is 45.3 Å².